The van der Waals surface area contributed by atoms with E-state index < -0.39 is 16.1 Å². The maximum atomic E-state index is 14.4. The average Bonchev–Trinajstić information content (AvgIpc) is 3.06. The Hall–Kier alpha value is -3.64. The van der Waals surface area contributed by atoms with E-state index in [2.05, 4.69) is 23.6 Å². The van der Waals surface area contributed by atoms with Crippen molar-refractivity contribution in [2.45, 2.75) is 76.6 Å². The topological polar surface area (TPSA) is 118 Å². The lowest BCUT2D eigenvalue weighted by Gasteiger charge is -2.36. The molecule has 1 aliphatic rings. The molecule has 0 radical (unpaired) electrons. The first-order chi connectivity index (χ1) is 22.9. The Morgan fingerprint density at radius 3 is 2.44 bits per heavy atom. The number of nitrogens with one attached hydrogen (secondary N) is 1. The third kappa shape index (κ3) is 10.2. The van der Waals surface area contributed by atoms with Gasteiger partial charge in [0.1, 0.15) is 11.5 Å². The van der Waals surface area contributed by atoms with Crippen LogP contribution < -0.4 is 14.2 Å². The number of anilines is 1. The minimum absolute atomic E-state index is 0.0873. The standard InChI is InChI=1S/C37H51N3O7S/c1-26-10-17-33(18-11-26)48(43,44)38-31-14-19-35-34(21-31)37(42)40(28(3)25-41)22-27(2)36(46-20-8-7-9-29(4)47-35)24-39(5)23-30-12-15-32(45-6)16-13-30/h10-19,21,27-29,36,38,41H,7-9,20,22-25H2,1-6H3/t27-,28-,29+,36+/m0/s1. The molecule has 4 rings (SSSR count). The molecule has 0 saturated heterocycles. The maximum absolute atomic E-state index is 14.4. The smallest absolute Gasteiger partial charge is 0.261 e. The summed E-state index contributed by atoms with van der Waals surface area (Å²) in [6, 6.07) is 18.8. The summed E-state index contributed by atoms with van der Waals surface area (Å²) in [4.78, 5) is 18.4. The molecule has 3 aromatic carbocycles. The molecule has 0 aromatic heterocycles. The summed E-state index contributed by atoms with van der Waals surface area (Å²) < 4.78 is 47.2. The number of methoxy groups -OCH3 is 1. The second-order valence-corrected chi connectivity index (χ2v) is 14.7. The van der Waals surface area contributed by atoms with Crippen LogP contribution in [0.4, 0.5) is 5.69 Å². The molecule has 0 saturated carbocycles. The summed E-state index contributed by atoms with van der Waals surface area (Å²) >= 11 is 0. The molecule has 0 spiro atoms. The zero-order chi connectivity index (χ0) is 34.8. The van der Waals surface area contributed by atoms with Gasteiger partial charge in [0, 0.05) is 37.8 Å². The van der Waals surface area contributed by atoms with E-state index in [4.69, 9.17) is 14.2 Å². The largest absolute Gasteiger partial charge is 0.497 e. The molecule has 11 heteroatoms. The van der Waals surface area contributed by atoms with Crippen molar-refractivity contribution < 1.29 is 32.5 Å². The molecular formula is C37H51N3O7S. The van der Waals surface area contributed by atoms with Gasteiger partial charge in [-0.25, -0.2) is 8.42 Å². The molecule has 0 aliphatic carbocycles. The van der Waals surface area contributed by atoms with Crippen molar-refractivity contribution in [2.75, 3.05) is 45.2 Å². The molecule has 1 aliphatic heterocycles. The lowest BCUT2D eigenvalue weighted by Crippen LogP contribution is -2.47. The number of aliphatic hydroxyl groups excluding tert-OH is 1. The highest BCUT2D eigenvalue weighted by molar-refractivity contribution is 7.92. The number of sulfonamides is 1. The molecule has 10 nitrogen and oxygen atoms in total. The number of hydrogen-bond donors (Lipinski definition) is 2. The van der Waals surface area contributed by atoms with Crippen LogP contribution in [0.25, 0.3) is 0 Å². The second kappa shape index (κ2) is 17.1. The number of carbonyl (C=O) groups excluding carboxylic acids is 1. The summed E-state index contributed by atoms with van der Waals surface area (Å²) in [5.41, 5.74) is 2.56. The van der Waals surface area contributed by atoms with Crippen LogP contribution in [-0.2, 0) is 21.3 Å². The van der Waals surface area contributed by atoms with Gasteiger partial charge in [0.25, 0.3) is 15.9 Å². The van der Waals surface area contributed by atoms with E-state index in [9.17, 15) is 18.3 Å². The normalized spacial score (nSPS) is 20.4. The SMILES string of the molecule is COc1ccc(CN(C)C[C@H]2OCCCC[C@@H](C)Oc3ccc(NS(=O)(=O)c4ccc(C)cc4)cc3C(=O)N([C@@H](C)CO)C[C@@H]2C)cc1. The number of hydrogen-bond acceptors (Lipinski definition) is 8. The fourth-order valence-corrected chi connectivity index (χ4v) is 6.84. The number of carbonyl (C=O) groups is 1. The molecule has 1 amide bonds. The average molecular weight is 682 g/mol. The highest BCUT2D eigenvalue weighted by Gasteiger charge is 2.30. The van der Waals surface area contributed by atoms with Crippen molar-refractivity contribution in [3.63, 3.8) is 0 Å². The molecule has 48 heavy (non-hydrogen) atoms. The number of aliphatic hydroxyl groups is 1. The molecule has 0 bridgehead atoms. The molecule has 0 fully saturated rings. The number of amides is 1. The van der Waals surface area contributed by atoms with Crippen LogP contribution in [-0.4, -0.2) is 87.9 Å². The van der Waals surface area contributed by atoms with Gasteiger partial charge in [-0.15, -0.1) is 0 Å². The van der Waals surface area contributed by atoms with Gasteiger partial charge in [0.05, 0.1) is 42.4 Å². The Labute approximate surface area is 286 Å². The lowest BCUT2D eigenvalue weighted by molar-refractivity contribution is -0.0177. The van der Waals surface area contributed by atoms with Crippen molar-refractivity contribution in [1.29, 1.82) is 0 Å². The van der Waals surface area contributed by atoms with E-state index in [1.807, 2.05) is 38.1 Å². The molecule has 2 N–H and O–H groups in total. The third-order valence-electron chi connectivity index (χ3n) is 8.74. The van der Waals surface area contributed by atoms with Crippen LogP contribution in [0.2, 0.25) is 0 Å². The summed E-state index contributed by atoms with van der Waals surface area (Å²) in [7, 11) is -0.200. The van der Waals surface area contributed by atoms with E-state index in [0.29, 0.717) is 25.4 Å². The van der Waals surface area contributed by atoms with Gasteiger partial charge < -0.3 is 24.2 Å². The predicted molar refractivity (Wildman–Crippen MR) is 188 cm³/mol. The van der Waals surface area contributed by atoms with E-state index in [1.165, 1.54) is 6.07 Å². The van der Waals surface area contributed by atoms with Crippen LogP contribution >= 0.6 is 0 Å². The monoisotopic (exact) mass is 681 g/mol. The Morgan fingerprint density at radius 1 is 1.06 bits per heavy atom. The fraction of sp³-hybridized carbons (Fsp3) is 0.486. The summed E-state index contributed by atoms with van der Waals surface area (Å²) in [5, 5.41) is 10.3. The van der Waals surface area contributed by atoms with E-state index in [1.54, 1.807) is 55.3 Å². The third-order valence-corrected chi connectivity index (χ3v) is 10.1. The van der Waals surface area contributed by atoms with Gasteiger partial charge in [-0.1, -0.05) is 36.8 Å². The highest BCUT2D eigenvalue weighted by Crippen LogP contribution is 2.30. The van der Waals surface area contributed by atoms with Crippen molar-refractivity contribution in [2.24, 2.45) is 5.92 Å². The first kappa shape index (κ1) is 37.2. The van der Waals surface area contributed by atoms with Crippen LogP contribution in [0.3, 0.4) is 0 Å². The Bertz CT molecular complexity index is 1580. The lowest BCUT2D eigenvalue weighted by atomic mass is 10.0. The van der Waals surface area contributed by atoms with Gasteiger partial charge in [0.15, 0.2) is 0 Å². The molecular weight excluding hydrogens is 630 g/mol. The van der Waals surface area contributed by atoms with Crippen molar-refractivity contribution in [1.82, 2.24) is 9.80 Å². The Kier molecular flexibility index (Phi) is 13.3. The van der Waals surface area contributed by atoms with E-state index in [0.717, 1.165) is 42.7 Å². The molecule has 262 valence electrons. The van der Waals surface area contributed by atoms with Crippen molar-refractivity contribution >= 4 is 21.6 Å². The molecule has 1 heterocycles. The minimum atomic E-state index is -3.91. The summed E-state index contributed by atoms with van der Waals surface area (Å²) in [6.45, 7) is 9.73. The maximum Gasteiger partial charge on any atom is 0.261 e. The number of nitrogens with zero attached hydrogens (tertiary/aromatic N) is 2. The number of rotatable bonds is 10. The van der Waals surface area contributed by atoms with Crippen LogP contribution in [0, 0.1) is 12.8 Å². The number of fused-ring (bicyclic) bond motifs is 1. The van der Waals surface area contributed by atoms with Crippen LogP contribution in [0.15, 0.2) is 71.6 Å². The fourth-order valence-electron chi connectivity index (χ4n) is 5.79. The minimum Gasteiger partial charge on any atom is -0.497 e. The summed E-state index contributed by atoms with van der Waals surface area (Å²) in [6.07, 6.45) is 2.13. The van der Waals surface area contributed by atoms with Gasteiger partial charge >= 0.3 is 0 Å². The van der Waals surface area contributed by atoms with Gasteiger partial charge in [0.2, 0.25) is 0 Å². The highest BCUT2D eigenvalue weighted by atomic mass is 32.2. The van der Waals surface area contributed by atoms with E-state index in [-0.39, 0.29) is 46.8 Å². The van der Waals surface area contributed by atoms with Crippen LogP contribution in [0.1, 0.15) is 61.5 Å². The van der Waals surface area contributed by atoms with Crippen LogP contribution in [0.5, 0.6) is 11.5 Å². The predicted octanol–water partition coefficient (Wildman–Crippen LogP) is 5.73. The number of benzene rings is 3. The van der Waals surface area contributed by atoms with E-state index >= 15 is 0 Å². The molecule has 0 unspecified atom stereocenters. The quantitative estimate of drug-likeness (QED) is 0.279. The first-order valence-corrected chi connectivity index (χ1v) is 18.1. The Morgan fingerprint density at radius 2 is 1.77 bits per heavy atom. The first-order valence-electron chi connectivity index (χ1n) is 16.6. The summed E-state index contributed by atoms with van der Waals surface area (Å²) in [5.74, 6) is 0.738. The zero-order valence-electron chi connectivity index (χ0n) is 29.0. The molecule has 4 atom stereocenters. The van der Waals surface area contributed by atoms with Gasteiger partial charge in [-0.3, -0.25) is 14.4 Å². The van der Waals surface area contributed by atoms with Crippen molar-refractivity contribution in [3.05, 3.63) is 83.4 Å². The van der Waals surface area contributed by atoms with Crippen molar-refractivity contribution in [3.8, 4) is 11.5 Å². The Balaban J connectivity index is 1.62. The molecule has 3 aromatic rings. The number of ether oxygens (including phenoxy) is 3. The van der Waals surface area contributed by atoms with Gasteiger partial charge in [-0.2, -0.15) is 0 Å². The zero-order valence-corrected chi connectivity index (χ0v) is 29.8. The second-order valence-electron chi connectivity index (χ2n) is 13.0. The van der Waals surface area contributed by atoms with Gasteiger partial charge in [-0.05, 0) is 95.1 Å². The number of likely N-dealkylation sites (N-methyl/N-ethyl adjacent to an activating group) is 1. The number of aryl methyl sites for hydroxylation is 1.